The Hall–Kier alpha value is -1.92. The normalized spacial score (nSPS) is 11.1. The second kappa shape index (κ2) is 7.77. The van der Waals surface area contributed by atoms with Gasteiger partial charge in [0.05, 0.1) is 39.2 Å². The summed E-state index contributed by atoms with van der Waals surface area (Å²) in [5.41, 5.74) is 3.91. The standard InChI is InChI=1S/C18H26N4OS/c1-12-6-7-14-10-15(17(23)20-16(14)13(12)2)11-22(18(24)19-3)9-8-21(4)5/h6-7,10H,8-9,11H2,1-5H3,(H,19,24)(H,20,23)/p+1. The number of aromatic amines is 1. The molecule has 3 N–H and O–H groups in total. The average Bonchev–Trinajstić information content (AvgIpc) is 2.55. The molecule has 1 heterocycles. The number of hydrogen-bond donors (Lipinski definition) is 3. The first kappa shape index (κ1) is 18.4. The molecule has 0 aliphatic rings. The number of H-pyrrole nitrogens is 1. The smallest absolute Gasteiger partial charge is 0.253 e. The molecular weight excluding hydrogens is 320 g/mol. The summed E-state index contributed by atoms with van der Waals surface area (Å²) < 4.78 is 0. The van der Waals surface area contributed by atoms with Crippen molar-refractivity contribution in [1.82, 2.24) is 15.2 Å². The first-order valence-corrected chi connectivity index (χ1v) is 8.62. The third-order valence-corrected chi connectivity index (χ3v) is 4.83. The molecule has 2 aromatic rings. The van der Waals surface area contributed by atoms with Gasteiger partial charge in [0.15, 0.2) is 5.11 Å². The average molecular weight is 348 g/mol. The fourth-order valence-corrected chi connectivity index (χ4v) is 2.82. The molecule has 2 rings (SSSR count). The monoisotopic (exact) mass is 347 g/mol. The van der Waals surface area contributed by atoms with Gasteiger partial charge in [-0.15, -0.1) is 0 Å². The van der Waals surface area contributed by atoms with Gasteiger partial charge in [0.1, 0.15) is 0 Å². The highest BCUT2D eigenvalue weighted by atomic mass is 32.1. The molecule has 0 spiro atoms. The number of thiocarbonyl (C=S) groups is 1. The summed E-state index contributed by atoms with van der Waals surface area (Å²) in [6, 6.07) is 6.13. The molecule has 0 unspecified atom stereocenters. The van der Waals surface area contributed by atoms with E-state index in [1.54, 1.807) is 0 Å². The van der Waals surface area contributed by atoms with E-state index in [2.05, 4.69) is 43.5 Å². The van der Waals surface area contributed by atoms with Crippen molar-refractivity contribution in [3.63, 3.8) is 0 Å². The molecule has 0 radical (unpaired) electrons. The zero-order valence-electron chi connectivity index (χ0n) is 15.1. The van der Waals surface area contributed by atoms with E-state index >= 15 is 0 Å². The molecule has 1 aromatic heterocycles. The molecule has 0 bridgehead atoms. The van der Waals surface area contributed by atoms with Gasteiger partial charge in [0, 0.05) is 12.6 Å². The number of rotatable bonds is 5. The van der Waals surface area contributed by atoms with Crippen molar-refractivity contribution in [2.75, 3.05) is 34.2 Å². The zero-order chi connectivity index (χ0) is 17.9. The van der Waals surface area contributed by atoms with Crippen molar-refractivity contribution >= 4 is 28.2 Å². The van der Waals surface area contributed by atoms with E-state index in [1.165, 1.54) is 10.5 Å². The minimum absolute atomic E-state index is 0.0442. The molecule has 24 heavy (non-hydrogen) atoms. The second-order valence-corrected chi connectivity index (χ2v) is 6.92. The van der Waals surface area contributed by atoms with Gasteiger partial charge < -0.3 is 20.1 Å². The van der Waals surface area contributed by atoms with Crippen molar-refractivity contribution in [3.8, 4) is 0 Å². The number of quaternary nitrogens is 1. The van der Waals surface area contributed by atoms with Crippen molar-refractivity contribution in [3.05, 3.63) is 45.2 Å². The summed E-state index contributed by atoms with van der Waals surface area (Å²) in [5, 5.41) is 4.74. The van der Waals surface area contributed by atoms with Crippen LogP contribution >= 0.6 is 12.2 Å². The Kier molecular flexibility index (Phi) is 5.96. The lowest BCUT2D eigenvalue weighted by Gasteiger charge is -2.25. The lowest BCUT2D eigenvalue weighted by atomic mass is 10.0. The van der Waals surface area contributed by atoms with E-state index in [0.29, 0.717) is 11.7 Å². The van der Waals surface area contributed by atoms with Crippen LogP contribution < -0.4 is 15.8 Å². The molecule has 0 atom stereocenters. The van der Waals surface area contributed by atoms with E-state index in [-0.39, 0.29) is 5.56 Å². The third-order valence-electron chi connectivity index (χ3n) is 4.37. The molecule has 0 aliphatic heterocycles. The minimum atomic E-state index is -0.0442. The molecule has 130 valence electrons. The Labute approximate surface area is 148 Å². The second-order valence-electron chi connectivity index (χ2n) is 6.53. The van der Waals surface area contributed by atoms with Gasteiger partial charge in [-0.1, -0.05) is 12.1 Å². The van der Waals surface area contributed by atoms with Crippen LogP contribution in [0.5, 0.6) is 0 Å². The maximum Gasteiger partial charge on any atom is 0.253 e. The van der Waals surface area contributed by atoms with Crippen molar-refractivity contribution in [1.29, 1.82) is 0 Å². The van der Waals surface area contributed by atoms with Gasteiger partial charge in [0.25, 0.3) is 5.56 Å². The van der Waals surface area contributed by atoms with Crippen LogP contribution in [0.3, 0.4) is 0 Å². The number of aryl methyl sites for hydroxylation is 2. The predicted octanol–water partition coefficient (Wildman–Crippen LogP) is 0.596. The molecule has 6 heteroatoms. The Bertz CT molecular complexity index is 797. The van der Waals surface area contributed by atoms with E-state index in [1.807, 2.05) is 24.9 Å². The van der Waals surface area contributed by atoms with Crippen molar-refractivity contribution in [2.24, 2.45) is 0 Å². The fourth-order valence-electron chi connectivity index (χ4n) is 2.66. The van der Waals surface area contributed by atoms with E-state index in [9.17, 15) is 4.79 Å². The van der Waals surface area contributed by atoms with E-state index in [0.717, 1.165) is 35.1 Å². The van der Waals surface area contributed by atoms with Gasteiger partial charge in [-0.05, 0) is 48.6 Å². The topological polar surface area (TPSA) is 52.6 Å². The first-order valence-electron chi connectivity index (χ1n) is 8.21. The van der Waals surface area contributed by atoms with Crippen molar-refractivity contribution < 1.29 is 4.90 Å². The maximum absolute atomic E-state index is 12.5. The number of aromatic nitrogens is 1. The quantitative estimate of drug-likeness (QED) is 0.693. The van der Waals surface area contributed by atoms with Gasteiger partial charge in [-0.3, -0.25) is 4.79 Å². The van der Waals surface area contributed by atoms with Gasteiger partial charge in [-0.25, -0.2) is 0 Å². The highest BCUT2D eigenvalue weighted by Crippen LogP contribution is 2.19. The highest BCUT2D eigenvalue weighted by molar-refractivity contribution is 7.80. The van der Waals surface area contributed by atoms with Crippen LogP contribution in [0.2, 0.25) is 0 Å². The molecular formula is C18H27N4OS+. The minimum Gasteiger partial charge on any atom is -0.366 e. The summed E-state index contributed by atoms with van der Waals surface area (Å²) in [6.45, 7) is 6.34. The van der Waals surface area contributed by atoms with Crippen LogP contribution in [0, 0.1) is 13.8 Å². The Morgan fingerprint density at radius 3 is 2.67 bits per heavy atom. The highest BCUT2D eigenvalue weighted by Gasteiger charge is 2.14. The SMILES string of the molecule is CNC(=S)N(CC[NH+](C)C)Cc1cc2ccc(C)c(C)c2[nH]c1=O. The lowest BCUT2D eigenvalue weighted by Crippen LogP contribution is -3.06. The number of nitrogens with one attached hydrogen (secondary N) is 3. The van der Waals surface area contributed by atoms with Crippen LogP contribution in [-0.4, -0.2) is 49.2 Å². The van der Waals surface area contributed by atoms with Crippen molar-refractivity contribution in [2.45, 2.75) is 20.4 Å². The first-order chi connectivity index (χ1) is 11.3. The molecule has 0 amide bonds. The number of fused-ring (bicyclic) bond motifs is 1. The van der Waals surface area contributed by atoms with Gasteiger partial charge in [-0.2, -0.15) is 0 Å². The summed E-state index contributed by atoms with van der Waals surface area (Å²) >= 11 is 5.40. The summed E-state index contributed by atoms with van der Waals surface area (Å²) in [7, 11) is 6.03. The molecule has 0 fully saturated rings. The van der Waals surface area contributed by atoms with Crippen LogP contribution in [0.25, 0.3) is 10.9 Å². The molecule has 1 aromatic carbocycles. The van der Waals surface area contributed by atoms with Crippen LogP contribution in [0.15, 0.2) is 23.0 Å². The third kappa shape index (κ3) is 4.13. The Morgan fingerprint density at radius 1 is 1.33 bits per heavy atom. The largest absolute Gasteiger partial charge is 0.366 e. The summed E-state index contributed by atoms with van der Waals surface area (Å²) in [5.74, 6) is 0. The fraction of sp³-hybridized carbons (Fsp3) is 0.444. The van der Waals surface area contributed by atoms with Gasteiger partial charge in [0.2, 0.25) is 0 Å². The molecule has 0 saturated heterocycles. The number of benzene rings is 1. The Balaban J connectivity index is 2.36. The number of nitrogens with zero attached hydrogens (tertiary/aromatic N) is 1. The van der Waals surface area contributed by atoms with Crippen LogP contribution in [-0.2, 0) is 6.54 Å². The number of likely N-dealkylation sites (N-methyl/N-ethyl adjacent to an activating group) is 1. The molecule has 5 nitrogen and oxygen atoms in total. The molecule has 0 saturated carbocycles. The number of hydrogen-bond acceptors (Lipinski definition) is 2. The van der Waals surface area contributed by atoms with Crippen LogP contribution in [0.1, 0.15) is 16.7 Å². The van der Waals surface area contributed by atoms with E-state index in [4.69, 9.17) is 12.2 Å². The van der Waals surface area contributed by atoms with E-state index < -0.39 is 0 Å². The Morgan fingerprint density at radius 2 is 2.04 bits per heavy atom. The number of pyridine rings is 1. The van der Waals surface area contributed by atoms with Gasteiger partial charge >= 0.3 is 0 Å². The lowest BCUT2D eigenvalue weighted by molar-refractivity contribution is -0.857. The molecule has 0 aliphatic carbocycles. The summed E-state index contributed by atoms with van der Waals surface area (Å²) in [6.07, 6.45) is 0. The van der Waals surface area contributed by atoms with Crippen LogP contribution in [0.4, 0.5) is 0 Å². The zero-order valence-corrected chi connectivity index (χ0v) is 15.9. The predicted molar refractivity (Wildman–Crippen MR) is 104 cm³/mol. The maximum atomic E-state index is 12.5. The summed E-state index contributed by atoms with van der Waals surface area (Å²) in [4.78, 5) is 19.0.